The van der Waals surface area contributed by atoms with Gasteiger partial charge in [0.1, 0.15) is 5.82 Å². The van der Waals surface area contributed by atoms with Gasteiger partial charge in [0.15, 0.2) is 5.11 Å². The van der Waals surface area contributed by atoms with Crippen molar-refractivity contribution in [2.75, 3.05) is 22.9 Å². The molecule has 0 amide bonds. The summed E-state index contributed by atoms with van der Waals surface area (Å²) >= 11 is 12.9. The number of aromatic nitrogens is 2. The maximum atomic E-state index is 14.2. The number of anilines is 2. The molecular formula is C32H33ClFN5S. The van der Waals surface area contributed by atoms with E-state index in [1.807, 2.05) is 37.3 Å². The molecule has 4 heterocycles. The first-order valence-electron chi connectivity index (χ1n) is 13.8. The van der Waals surface area contributed by atoms with Gasteiger partial charge in [-0.05, 0) is 105 Å². The molecule has 2 aromatic carbocycles. The smallest absolute Gasteiger partial charge is 0.174 e. The lowest BCUT2D eigenvalue weighted by Crippen LogP contribution is -2.33. The lowest BCUT2D eigenvalue weighted by atomic mass is 9.96. The second-order valence-electron chi connectivity index (χ2n) is 10.9. The second-order valence-corrected chi connectivity index (χ2v) is 11.7. The third kappa shape index (κ3) is 4.86. The number of thiocarbonyl (C=S) groups is 1. The number of benzene rings is 2. The number of pyridine rings is 1. The van der Waals surface area contributed by atoms with Gasteiger partial charge in [-0.25, -0.2) is 4.39 Å². The van der Waals surface area contributed by atoms with Crippen molar-refractivity contribution in [2.45, 2.75) is 45.7 Å². The van der Waals surface area contributed by atoms with Gasteiger partial charge in [-0.15, -0.1) is 0 Å². The maximum Gasteiger partial charge on any atom is 0.174 e. The summed E-state index contributed by atoms with van der Waals surface area (Å²) in [6.07, 6.45) is 4.15. The molecule has 0 spiro atoms. The summed E-state index contributed by atoms with van der Waals surface area (Å²) < 4.78 is 16.3. The molecule has 2 saturated heterocycles. The number of hydrogen-bond acceptors (Lipinski definition) is 3. The number of piperidine rings is 1. The number of rotatable bonds is 5. The Balaban J connectivity index is 1.44. The molecule has 0 aliphatic carbocycles. The first-order valence-corrected chi connectivity index (χ1v) is 14.6. The minimum absolute atomic E-state index is 0.183. The zero-order valence-electron chi connectivity index (χ0n) is 22.9. The molecule has 4 aromatic rings. The highest BCUT2D eigenvalue weighted by atomic mass is 35.5. The highest BCUT2D eigenvalue weighted by Gasteiger charge is 2.42. The second kappa shape index (κ2) is 10.9. The van der Waals surface area contributed by atoms with Gasteiger partial charge in [-0.3, -0.25) is 4.98 Å². The SMILES string of the molecule is Cc1cc(C2C(c3ccccn3)NC(=S)N2c2ccc(N3CCC(C)CC3)c(Cl)c2)c(C)n1-c1cccc(F)c1. The first kappa shape index (κ1) is 26.8. The van der Waals surface area contributed by atoms with Gasteiger partial charge in [0.2, 0.25) is 0 Å². The summed E-state index contributed by atoms with van der Waals surface area (Å²) in [5.41, 5.74) is 6.82. The Hall–Kier alpha value is -3.42. The summed E-state index contributed by atoms with van der Waals surface area (Å²) in [6.45, 7) is 8.47. The number of aryl methyl sites for hydroxylation is 1. The van der Waals surface area contributed by atoms with Crippen molar-refractivity contribution in [3.05, 3.63) is 106 Å². The molecule has 0 bridgehead atoms. The Morgan fingerprint density at radius 1 is 0.975 bits per heavy atom. The molecule has 2 aliphatic rings. The van der Waals surface area contributed by atoms with E-state index in [1.54, 1.807) is 18.3 Å². The summed E-state index contributed by atoms with van der Waals surface area (Å²) in [5.74, 6) is 0.485. The molecule has 5 nitrogen and oxygen atoms in total. The van der Waals surface area contributed by atoms with Crippen molar-refractivity contribution in [3.63, 3.8) is 0 Å². The van der Waals surface area contributed by atoms with E-state index in [2.05, 4.69) is 56.7 Å². The number of nitrogens with one attached hydrogen (secondary N) is 1. The van der Waals surface area contributed by atoms with Crippen LogP contribution in [0.1, 0.15) is 54.5 Å². The molecule has 6 rings (SSSR count). The van der Waals surface area contributed by atoms with Crippen molar-refractivity contribution in [1.29, 1.82) is 0 Å². The van der Waals surface area contributed by atoms with Gasteiger partial charge in [-0.2, -0.15) is 0 Å². The van der Waals surface area contributed by atoms with E-state index in [4.69, 9.17) is 23.8 Å². The molecule has 2 aliphatic heterocycles. The van der Waals surface area contributed by atoms with Gasteiger partial charge >= 0.3 is 0 Å². The Bertz CT molecular complexity index is 1550. The van der Waals surface area contributed by atoms with E-state index >= 15 is 0 Å². The van der Waals surface area contributed by atoms with Crippen LogP contribution in [0.3, 0.4) is 0 Å². The third-order valence-electron chi connectivity index (χ3n) is 8.29. The molecule has 40 heavy (non-hydrogen) atoms. The fraction of sp³-hybridized carbons (Fsp3) is 0.312. The molecular weight excluding hydrogens is 541 g/mol. The van der Waals surface area contributed by atoms with Gasteiger partial charge < -0.3 is 19.7 Å². The molecule has 206 valence electrons. The third-order valence-corrected chi connectivity index (χ3v) is 8.90. The largest absolute Gasteiger partial charge is 0.370 e. The van der Waals surface area contributed by atoms with Crippen molar-refractivity contribution in [3.8, 4) is 5.69 Å². The number of halogens is 2. The van der Waals surface area contributed by atoms with Crippen molar-refractivity contribution >= 4 is 40.3 Å². The van der Waals surface area contributed by atoms with Crippen LogP contribution in [0.25, 0.3) is 5.69 Å². The lowest BCUT2D eigenvalue weighted by Gasteiger charge is -2.33. The summed E-state index contributed by atoms with van der Waals surface area (Å²) in [7, 11) is 0. The van der Waals surface area contributed by atoms with E-state index in [1.165, 1.54) is 18.9 Å². The predicted molar refractivity (Wildman–Crippen MR) is 165 cm³/mol. The Kier molecular flexibility index (Phi) is 7.27. The summed E-state index contributed by atoms with van der Waals surface area (Å²) in [6, 6.07) is 20.7. The molecule has 8 heteroatoms. The van der Waals surface area contributed by atoms with Crippen LogP contribution in [0.15, 0.2) is 72.9 Å². The van der Waals surface area contributed by atoms with E-state index < -0.39 is 0 Å². The lowest BCUT2D eigenvalue weighted by molar-refractivity contribution is 0.438. The Morgan fingerprint density at radius 2 is 1.77 bits per heavy atom. The topological polar surface area (TPSA) is 36.3 Å². The predicted octanol–water partition coefficient (Wildman–Crippen LogP) is 7.70. The highest BCUT2D eigenvalue weighted by Crippen LogP contribution is 2.45. The standard InChI is InChI=1S/C32H33ClFN5S/c1-20-12-15-37(16-13-20)29-11-10-25(19-27(29)33)39-31(30(36-32(39)40)28-9-4-5-14-35-28)26-17-21(2)38(22(26)3)24-8-6-7-23(34)18-24/h4-11,14,17-20,30-31H,12-13,15-16H2,1-3H3,(H,36,40). The van der Waals surface area contributed by atoms with E-state index in [9.17, 15) is 4.39 Å². The highest BCUT2D eigenvalue weighted by molar-refractivity contribution is 7.80. The van der Waals surface area contributed by atoms with Crippen molar-refractivity contribution < 1.29 is 4.39 Å². The minimum atomic E-state index is -0.263. The average molecular weight is 574 g/mol. The zero-order valence-corrected chi connectivity index (χ0v) is 24.5. The monoisotopic (exact) mass is 573 g/mol. The van der Waals surface area contributed by atoms with E-state index in [-0.39, 0.29) is 17.9 Å². The number of nitrogens with zero attached hydrogens (tertiary/aromatic N) is 4. The zero-order chi connectivity index (χ0) is 28.0. The van der Waals surface area contributed by atoms with Crippen LogP contribution in [0.5, 0.6) is 0 Å². The molecule has 2 atom stereocenters. The molecule has 0 saturated carbocycles. The van der Waals surface area contributed by atoms with Crippen molar-refractivity contribution in [1.82, 2.24) is 14.9 Å². The minimum Gasteiger partial charge on any atom is -0.370 e. The van der Waals surface area contributed by atoms with E-state index in [0.717, 1.165) is 63.7 Å². The Morgan fingerprint density at radius 3 is 2.48 bits per heavy atom. The van der Waals surface area contributed by atoms with E-state index in [0.29, 0.717) is 5.11 Å². The molecule has 2 aromatic heterocycles. The number of hydrogen-bond donors (Lipinski definition) is 1. The molecule has 1 N–H and O–H groups in total. The van der Waals surface area contributed by atoms with Crippen LogP contribution in [-0.4, -0.2) is 27.8 Å². The maximum absolute atomic E-state index is 14.2. The van der Waals surface area contributed by atoms with Crippen LogP contribution in [0.2, 0.25) is 5.02 Å². The quantitative estimate of drug-likeness (QED) is 0.248. The van der Waals surface area contributed by atoms with Crippen LogP contribution < -0.4 is 15.1 Å². The molecule has 2 unspecified atom stereocenters. The van der Waals surface area contributed by atoms with Gasteiger partial charge in [0.05, 0.1) is 28.5 Å². The normalized spacial score (nSPS) is 19.8. The molecule has 2 fully saturated rings. The van der Waals surface area contributed by atoms with Crippen molar-refractivity contribution in [2.24, 2.45) is 5.92 Å². The fourth-order valence-electron chi connectivity index (χ4n) is 6.20. The average Bonchev–Trinajstić information content (AvgIpc) is 3.44. The van der Waals surface area contributed by atoms with Gasteiger partial charge in [-0.1, -0.05) is 30.7 Å². The van der Waals surface area contributed by atoms with Crippen LogP contribution in [-0.2, 0) is 0 Å². The summed E-state index contributed by atoms with van der Waals surface area (Å²) in [4.78, 5) is 9.22. The molecule has 0 radical (unpaired) electrons. The van der Waals surface area contributed by atoms with Gasteiger partial charge in [0, 0.05) is 42.0 Å². The first-order chi connectivity index (χ1) is 19.3. The van der Waals surface area contributed by atoms with Crippen LogP contribution >= 0.6 is 23.8 Å². The summed E-state index contributed by atoms with van der Waals surface area (Å²) in [5, 5.41) is 4.89. The fourth-order valence-corrected chi connectivity index (χ4v) is 6.84. The van der Waals surface area contributed by atoms with Gasteiger partial charge in [0.25, 0.3) is 0 Å². The van der Waals surface area contributed by atoms with Crippen LogP contribution in [0.4, 0.5) is 15.8 Å². The van der Waals surface area contributed by atoms with Crippen LogP contribution in [0, 0.1) is 25.6 Å². The Labute approximate surface area is 245 Å².